The van der Waals surface area contributed by atoms with Gasteiger partial charge in [-0.1, -0.05) is 96.3 Å². The maximum Gasteiger partial charge on any atom is 0.119 e. The summed E-state index contributed by atoms with van der Waals surface area (Å²) in [4.78, 5) is 10.2. The zero-order chi connectivity index (χ0) is 21.3. The van der Waals surface area contributed by atoms with Gasteiger partial charge in [0, 0.05) is 13.5 Å². The first-order valence-electron chi connectivity index (χ1n) is 12.2. The third kappa shape index (κ3) is 33.2. The van der Waals surface area contributed by atoms with E-state index in [0.717, 1.165) is 25.7 Å². The zero-order valence-electron chi connectivity index (χ0n) is 19.9. The van der Waals surface area contributed by atoms with Gasteiger partial charge in [-0.25, -0.2) is 0 Å². The van der Waals surface area contributed by atoms with E-state index in [2.05, 4.69) is 0 Å². The Balaban J connectivity index is 0. The van der Waals surface area contributed by atoms with E-state index in [4.69, 9.17) is 10.5 Å². The van der Waals surface area contributed by atoms with E-state index in [-0.39, 0.29) is 5.60 Å². The number of hydrogen-bond acceptors (Lipinski definition) is 3. The fourth-order valence-corrected chi connectivity index (χ4v) is 3.02. The summed E-state index contributed by atoms with van der Waals surface area (Å²) >= 11 is 0. The molecule has 0 saturated carbocycles. The van der Waals surface area contributed by atoms with Gasteiger partial charge in [-0.3, -0.25) is 0 Å². The van der Waals surface area contributed by atoms with Gasteiger partial charge in [0.2, 0.25) is 0 Å². The molecule has 0 atom stereocenters. The molecule has 0 saturated heterocycles. The van der Waals surface area contributed by atoms with E-state index in [1.54, 1.807) is 7.11 Å². The van der Waals surface area contributed by atoms with Gasteiger partial charge in [-0.05, 0) is 40.2 Å². The third-order valence-corrected chi connectivity index (χ3v) is 5.14. The Morgan fingerprint density at radius 2 is 0.857 bits per heavy atom. The molecule has 0 unspecified atom stereocenters. The highest BCUT2D eigenvalue weighted by Gasteiger charge is 2.04. The largest absolute Gasteiger partial charge is 0.379 e. The van der Waals surface area contributed by atoms with Crippen LogP contribution >= 0.6 is 0 Å². The first-order chi connectivity index (χ1) is 13.5. The number of rotatable bonds is 19. The number of unbranched alkanes of at least 4 members (excludes halogenated alkanes) is 17. The van der Waals surface area contributed by atoms with Gasteiger partial charge in [0.25, 0.3) is 0 Å². The Morgan fingerprint density at radius 1 is 0.607 bits per heavy atom. The SMILES string of the molecule is COC(C)(C)C.NCCCCCCCCCCCCCCCCCCCC=O. The number of ether oxygens (including phenoxy) is 1. The molecule has 0 amide bonds. The van der Waals surface area contributed by atoms with Crippen molar-refractivity contribution in [2.75, 3.05) is 13.7 Å². The first-order valence-corrected chi connectivity index (χ1v) is 12.2. The Labute approximate surface area is 177 Å². The van der Waals surface area contributed by atoms with Gasteiger partial charge < -0.3 is 15.3 Å². The minimum atomic E-state index is 0.0417. The topological polar surface area (TPSA) is 52.3 Å². The van der Waals surface area contributed by atoms with Crippen molar-refractivity contribution < 1.29 is 9.53 Å². The zero-order valence-corrected chi connectivity index (χ0v) is 19.9. The van der Waals surface area contributed by atoms with Crippen LogP contribution in [0.15, 0.2) is 0 Å². The Kier molecular flexibility index (Phi) is 26.2. The van der Waals surface area contributed by atoms with Crippen LogP contribution < -0.4 is 5.73 Å². The summed E-state index contributed by atoms with van der Waals surface area (Å²) in [5, 5.41) is 0. The highest BCUT2D eigenvalue weighted by molar-refractivity contribution is 5.48. The summed E-state index contributed by atoms with van der Waals surface area (Å²) in [5.41, 5.74) is 5.53. The quantitative estimate of drug-likeness (QED) is 0.180. The fraction of sp³-hybridized carbons (Fsp3) is 0.960. The molecule has 170 valence electrons. The van der Waals surface area contributed by atoms with E-state index in [0.29, 0.717) is 0 Å². The molecule has 0 aromatic heterocycles. The predicted octanol–water partition coefficient (Wildman–Crippen LogP) is 7.60. The van der Waals surface area contributed by atoms with Gasteiger partial charge >= 0.3 is 0 Å². The van der Waals surface area contributed by atoms with Crippen molar-refractivity contribution in [3.8, 4) is 0 Å². The average Bonchev–Trinajstić information content (AvgIpc) is 2.67. The lowest BCUT2D eigenvalue weighted by molar-refractivity contribution is -0.107. The monoisotopic (exact) mass is 399 g/mol. The molecule has 28 heavy (non-hydrogen) atoms. The molecule has 0 aliphatic rings. The molecule has 0 rings (SSSR count). The average molecular weight is 400 g/mol. The van der Waals surface area contributed by atoms with Crippen molar-refractivity contribution in [2.45, 2.75) is 142 Å². The molecule has 2 N–H and O–H groups in total. The van der Waals surface area contributed by atoms with Crippen molar-refractivity contribution >= 4 is 6.29 Å². The normalized spacial score (nSPS) is 11.2. The molecule has 0 aliphatic heterocycles. The van der Waals surface area contributed by atoms with Crippen LogP contribution in [0.4, 0.5) is 0 Å². The number of aldehydes is 1. The number of hydrogen-bond donors (Lipinski definition) is 1. The molecule has 0 bridgehead atoms. The second kappa shape index (κ2) is 24.6. The third-order valence-electron chi connectivity index (χ3n) is 5.14. The van der Waals surface area contributed by atoms with Crippen molar-refractivity contribution in [1.82, 2.24) is 0 Å². The standard InChI is InChI=1S/C20H41NO.C5H12O/c21-19-17-15-13-11-9-7-5-3-1-2-4-6-8-10-12-14-16-18-20-22;1-5(2,3)6-4/h20H,1-19,21H2;1-4H3. The predicted molar refractivity (Wildman–Crippen MR) is 125 cm³/mol. The second-order valence-corrected chi connectivity index (χ2v) is 9.07. The molecule has 0 radical (unpaired) electrons. The summed E-state index contributed by atoms with van der Waals surface area (Å²) in [6.07, 6.45) is 25.0. The lowest BCUT2D eigenvalue weighted by atomic mass is 10.0. The van der Waals surface area contributed by atoms with Crippen molar-refractivity contribution in [3.63, 3.8) is 0 Å². The van der Waals surface area contributed by atoms with E-state index >= 15 is 0 Å². The second-order valence-electron chi connectivity index (χ2n) is 9.07. The van der Waals surface area contributed by atoms with Crippen LogP contribution in [0.1, 0.15) is 136 Å². The van der Waals surface area contributed by atoms with Crippen LogP contribution in [-0.4, -0.2) is 25.5 Å². The van der Waals surface area contributed by atoms with Crippen LogP contribution in [0, 0.1) is 0 Å². The molecule has 0 spiro atoms. The van der Waals surface area contributed by atoms with Crippen LogP contribution in [0.25, 0.3) is 0 Å². The van der Waals surface area contributed by atoms with Crippen molar-refractivity contribution in [2.24, 2.45) is 5.73 Å². The summed E-state index contributed by atoms with van der Waals surface area (Å²) in [6.45, 7) is 6.92. The lowest BCUT2D eigenvalue weighted by Crippen LogP contribution is -2.15. The smallest absolute Gasteiger partial charge is 0.119 e. The molecular weight excluding hydrogens is 346 g/mol. The molecule has 0 aromatic carbocycles. The first kappa shape index (κ1) is 29.8. The van der Waals surface area contributed by atoms with E-state index in [9.17, 15) is 4.79 Å². The van der Waals surface area contributed by atoms with Crippen LogP contribution in [0.2, 0.25) is 0 Å². The Hall–Kier alpha value is -0.410. The Morgan fingerprint density at radius 3 is 1.07 bits per heavy atom. The number of carbonyl (C=O) groups is 1. The lowest BCUT2D eigenvalue weighted by Gasteiger charge is -2.14. The van der Waals surface area contributed by atoms with E-state index in [1.165, 1.54) is 103 Å². The van der Waals surface area contributed by atoms with E-state index < -0.39 is 0 Å². The number of methoxy groups -OCH3 is 1. The van der Waals surface area contributed by atoms with Crippen molar-refractivity contribution in [1.29, 1.82) is 0 Å². The number of nitrogens with two attached hydrogens (primary N) is 1. The maximum absolute atomic E-state index is 10.2. The molecule has 3 heteroatoms. The fourth-order valence-electron chi connectivity index (χ4n) is 3.02. The van der Waals surface area contributed by atoms with Crippen molar-refractivity contribution in [3.05, 3.63) is 0 Å². The molecule has 0 fully saturated rings. The highest BCUT2D eigenvalue weighted by Crippen LogP contribution is 2.14. The van der Waals surface area contributed by atoms with Crippen LogP contribution in [0.5, 0.6) is 0 Å². The summed E-state index contributed by atoms with van der Waals surface area (Å²) in [5.74, 6) is 0. The molecular formula is C25H53NO2. The van der Waals surface area contributed by atoms with Gasteiger partial charge in [0.15, 0.2) is 0 Å². The number of carbonyl (C=O) groups excluding carboxylic acids is 1. The molecule has 3 nitrogen and oxygen atoms in total. The summed E-state index contributed by atoms with van der Waals surface area (Å²) in [7, 11) is 1.71. The van der Waals surface area contributed by atoms with Gasteiger partial charge in [0.1, 0.15) is 6.29 Å². The molecule has 0 heterocycles. The maximum atomic E-state index is 10.2. The Bertz CT molecular complexity index is 287. The van der Waals surface area contributed by atoms with Crippen LogP contribution in [0.3, 0.4) is 0 Å². The van der Waals surface area contributed by atoms with Gasteiger partial charge in [0.05, 0.1) is 5.60 Å². The molecule has 0 aliphatic carbocycles. The van der Waals surface area contributed by atoms with Gasteiger partial charge in [-0.2, -0.15) is 0 Å². The summed E-state index contributed by atoms with van der Waals surface area (Å²) in [6, 6.07) is 0. The minimum Gasteiger partial charge on any atom is -0.379 e. The minimum absolute atomic E-state index is 0.0417. The van der Waals surface area contributed by atoms with Crippen LogP contribution in [-0.2, 0) is 9.53 Å². The van der Waals surface area contributed by atoms with Gasteiger partial charge in [-0.15, -0.1) is 0 Å². The summed E-state index contributed by atoms with van der Waals surface area (Å²) < 4.78 is 4.94. The molecule has 0 aromatic rings. The highest BCUT2D eigenvalue weighted by atomic mass is 16.5. The van der Waals surface area contributed by atoms with E-state index in [1.807, 2.05) is 20.8 Å².